The van der Waals surface area contributed by atoms with Crippen molar-refractivity contribution in [3.63, 3.8) is 0 Å². The van der Waals surface area contributed by atoms with E-state index in [9.17, 15) is 23.3 Å². The van der Waals surface area contributed by atoms with E-state index in [2.05, 4.69) is 10.7 Å². The van der Waals surface area contributed by atoms with Crippen molar-refractivity contribution >= 4 is 27.1 Å². The molecule has 1 aromatic rings. The maximum atomic E-state index is 12.0. The van der Waals surface area contributed by atoms with Gasteiger partial charge in [-0.15, -0.1) is 0 Å². The van der Waals surface area contributed by atoms with Crippen molar-refractivity contribution in [1.29, 1.82) is 0 Å². The zero-order valence-corrected chi connectivity index (χ0v) is 11.7. The van der Waals surface area contributed by atoms with Gasteiger partial charge in [0.15, 0.2) is 9.84 Å². The van der Waals surface area contributed by atoms with E-state index in [0.717, 1.165) is 6.07 Å². The molecular weight excluding hydrogens is 300 g/mol. The molecule has 1 aliphatic rings. The minimum atomic E-state index is -3.09. The Morgan fingerprint density at radius 1 is 1.43 bits per heavy atom. The van der Waals surface area contributed by atoms with E-state index in [1.54, 1.807) is 0 Å². The van der Waals surface area contributed by atoms with Crippen LogP contribution in [0.15, 0.2) is 18.2 Å². The van der Waals surface area contributed by atoms with Crippen molar-refractivity contribution < 1.29 is 18.1 Å². The molecule has 0 aliphatic carbocycles. The molecule has 114 valence electrons. The molecule has 4 N–H and O–H groups in total. The maximum Gasteiger partial charge on any atom is 0.293 e. The minimum absolute atomic E-state index is 0.00620. The maximum absolute atomic E-state index is 12.0. The van der Waals surface area contributed by atoms with Crippen LogP contribution >= 0.6 is 0 Å². The third-order valence-electron chi connectivity index (χ3n) is 3.18. The van der Waals surface area contributed by atoms with Crippen LogP contribution in [0.5, 0.6) is 0 Å². The van der Waals surface area contributed by atoms with E-state index in [4.69, 9.17) is 5.84 Å². The van der Waals surface area contributed by atoms with Crippen LogP contribution in [0.4, 0.5) is 11.4 Å². The first-order valence-electron chi connectivity index (χ1n) is 6.09. The number of carbonyl (C=O) groups is 1. The van der Waals surface area contributed by atoms with Crippen molar-refractivity contribution in [2.24, 2.45) is 5.84 Å². The number of anilines is 1. The van der Waals surface area contributed by atoms with Crippen LogP contribution in [-0.4, -0.2) is 36.8 Å². The monoisotopic (exact) mass is 314 g/mol. The first kappa shape index (κ1) is 15.2. The number of hydrazine groups is 1. The highest BCUT2D eigenvalue weighted by atomic mass is 32.2. The lowest BCUT2D eigenvalue weighted by molar-refractivity contribution is -0.384. The van der Waals surface area contributed by atoms with Gasteiger partial charge in [-0.1, -0.05) is 0 Å². The van der Waals surface area contributed by atoms with E-state index in [1.165, 1.54) is 12.1 Å². The number of hydrogen-bond donors (Lipinski definition) is 3. The van der Waals surface area contributed by atoms with Gasteiger partial charge < -0.3 is 10.7 Å². The average Bonchev–Trinajstić information content (AvgIpc) is 2.76. The van der Waals surface area contributed by atoms with E-state index in [-0.39, 0.29) is 28.4 Å². The molecule has 0 saturated carbocycles. The van der Waals surface area contributed by atoms with E-state index in [1.807, 2.05) is 0 Å². The molecule has 1 heterocycles. The topological polar surface area (TPSA) is 144 Å². The van der Waals surface area contributed by atoms with Crippen LogP contribution in [0.2, 0.25) is 0 Å². The van der Waals surface area contributed by atoms with Crippen LogP contribution in [0.3, 0.4) is 0 Å². The van der Waals surface area contributed by atoms with Crippen LogP contribution in [-0.2, 0) is 9.84 Å². The summed E-state index contributed by atoms with van der Waals surface area (Å²) in [4.78, 5) is 22.1. The Bertz CT molecular complexity index is 688. The SMILES string of the molecule is NNc1cc(C(=O)NC2CCS(=O)(=O)C2)ccc1[N+](=O)[O-]. The molecule has 0 bridgehead atoms. The lowest BCUT2D eigenvalue weighted by Gasteiger charge is -2.11. The molecule has 1 fully saturated rings. The molecule has 9 nitrogen and oxygen atoms in total. The van der Waals surface area contributed by atoms with Gasteiger partial charge in [0.05, 0.1) is 16.4 Å². The summed E-state index contributed by atoms with van der Waals surface area (Å²) in [7, 11) is -3.09. The van der Waals surface area contributed by atoms with Crippen LogP contribution in [0, 0.1) is 10.1 Å². The van der Waals surface area contributed by atoms with E-state index in [0.29, 0.717) is 6.42 Å². The fourth-order valence-corrected chi connectivity index (χ4v) is 3.80. The molecule has 1 saturated heterocycles. The van der Waals surface area contributed by atoms with Crippen molar-refractivity contribution in [3.05, 3.63) is 33.9 Å². The summed E-state index contributed by atoms with van der Waals surface area (Å²) in [6, 6.07) is 3.26. The summed E-state index contributed by atoms with van der Waals surface area (Å²) in [6.45, 7) is 0. The molecule has 1 unspecified atom stereocenters. The van der Waals surface area contributed by atoms with E-state index >= 15 is 0 Å². The Morgan fingerprint density at radius 2 is 2.14 bits per heavy atom. The third-order valence-corrected chi connectivity index (χ3v) is 4.95. The molecule has 1 amide bonds. The molecule has 0 spiro atoms. The number of nitrogen functional groups attached to an aromatic ring is 1. The quantitative estimate of drug-likeness (QED) is 0.396. The highest BCUT2D eigenvalue weighted by molar-refractivity contribution is 7.91. The van der Waals surface area contributed by atoms with Crippen LogP contribution in [0.25, 0.3) is 0 Å². The van der Waals surface area contributed by atoms with Gasteiger partial charge in [0.2, 0.25) is 0 Å². The number of nitro benzene ring substituents is 1. The Hall–Kier alpha value is -2.20. The Kier molecular flexibility index (Phi) is 4.09. The molecule has 1 atom stereocenters. The Balaban J connectivity index is 2.15. The summed E-state index contributed by atoms with van der Waals surface area (Å²) in [6.07, 6.45) is 0.364. The lowest BCUT2D eigenvalue weighted by atomic mass is 10.1. The highest BCUT2D eigenvalue weighted by Crippen LogP contribution is 2.24. The third kappa shape index (κ3) is 3.47. The first-order valence-corrected chi connectivity index (χ1v) is 7.91. The van der Waals surface area contributed by atoms with Crippen molar-refractivity contribution in [2.45, 2.75) is 12.5 Å². The number of nitrogens with two attached hydrogens (primary N) is 1. The summed E-state index contributed by atoms with van der Waals surface area (Å²) in [5.41, 5.74) is 2.08. The van der Waals surface area contributed by atoms with E-state index < -0.39 is 26.7 Å². The van der Waals surface area contributed by atoms with Crippen molar-refractivity contribution in [2.75, 3.05) is 16.9 Å². The smallest absolute Gasteiger partial charge is 0.293 e. The fourth-order valence-electron chi connectivity index (χ4n) is 2.13. The number of nitrogens with zero attached hydrogens (tertiary/aromatic N) is 1. The van der Waals surface area contributed by atoms with Gasteiger partial charge >= 0.3 is 0 Å². The highest BCUT2D eigenvalue weighted by Gasteiger charge is 2.29. The number of rotatable bonds is 4. The van der Waals surface area contributed by atoms with Crippen LogP contribution < -0.4 is 16.6 Å². The van der Waals surface area contributed by atoms with Gasteiger partial charge in [-0.2, -0.15) is 0 Å². The fraction of sp³-hybridized carbons (Fsp3) is 0.364. The second-order valence-electron chi connectivity index (χ2n) is 4.71. The molecule has 1 aromatic carbocycles. The second-order valence-corrected chi connectivity index (χ2v) is 6.94. The molecule has 0 radical (unpaired) electrons. The van der Waals surface area contributed by atoms with Crippen LogP contribution in [0.1, 0.15) is 16.8 Å². The normalized spacial score (nSPS) is 20.0. The average molecular weight is 314 g/mol. The van der Waals surface area contributed by atoms with Crippen molar-refractivity contribution in [1.82, 2.24) is 5.32 Å². The zero-order chi connectivity index (χ0) is 15.6. The molecule has 1 aliphatic heterocycles. The summed E-state index contributed by atoms with van der Waals surface area (Å²) < 4.78 is 22.7. The largest absolute Gasteiger partial charge is 0.348 e. The molecular formula is C11H14N4O5S. The predicted octanol–water partition coefficient (Wildman–Crippen LogP) is -0.203. The number of nitro groups is 1. The number of carbonyl (C=O) groups excluding carboxylic acids is 1. The number of benzene rings is 1. The second kappa shape index (κ2) is 5.66. The zero-order valence-electron chi connectivity index (χ0n) is 10.9. The summed E-state index contributed by atoms with van der Waals surface area (Å²) in [5, 5.41) is 13.3. The van der Waals surface area contributed by atoms with Gasteiger partial charge in [-0.05, 0) is 18.6 Å². The number of hydrogen-bond acceptors (Lipinski definition) is 7. The number of amides is 1. The standard InChI is InChI=1S/C11H14N4O5S/c12-14-9-5-7(1-2-10(9)15(17)18)11(16)13-8-3-4-21(19,20)6-8/h1-2,5,8,14H,3-4,6,12H2,(H,13,16). The number of nitrogens with one attached hydrogen (secondary N) is 2. The van der Waals surface area contributed by atoms with Gasteiger partial charge in [0.1, 0.15) is 5.69 Å². The molecule has 10 heteroatoms. The minimum Gasteiger partial charge on any atom is -0.348 e. The molecule has 21 heavy (non-hydrogen) atoms. The molecule has 2 rings (SSSR count). The molecule has 0 aromatic heterocycles. The van der Waals surface area contributed by atoms with Gasteiger partial charge in [-0.25, -0.2) is 8.42 Å². The Morgan fingerprint density at radius 3 is 2.67 bits per heavy atom. The predicted molar refractivity (Wildman–Crippen MR) is 75.4 cm³/mol. The summed E-state index contributed by atoms with van der Waals surface area (Å²) >= 11 is 0. The lowest BCUT2D eigenvalue weighted by Crippen LogP contribution is -2.35. The number of sulfone groups is 1. The van der Waals surface area contributed by atoms with Gasteiger partial charge in [0, 0.05) is 17.7 Å². The van der Waals surface area contributed by atoms with Crippen molar-refractivity contribution in [3.8, 4) is 0 Å². The van der Waals surface area contributed by atoms with Gasteiger partial charge in [0.25, 0.3) is 11.6 Å². The first-order chi connectivity index (χ1) is 9.82. The van der Waals surface area contributed by atoms with Gasteiger partial charge in [-0.3, -0.25) is 20.8 Å². The Labute approximate surface area is 120 Å². The summed E-state index contributed by atoms with van der Waals surface area (Å²) in [5.74, 6) is 4.65.